The van der Waals surface area contributed by atoms with Gasteiger partial charge < -0.3 is 14.8 Å². The summed E-state index contributed by atoms with van der Waals surface area (Å²) < 4.78 is 10.4. The van der Waals surface area contributed by atoms with Crippen molar-refractivity contribution in [2.24, 2.45) is 17.8 Å². The van der Waals surface area contributed by atoms with Crippen LogP contribution in [0.5, 0.6) is 5.75 Å². The molecule has 0 spiro atoms. The van der Waals surface area contributed by atoms with Crippen molar-refractivity contribution < 1.29 is 28.7 Å². The number of benzene rings is 2. The van der Waals surface area contributed by atoms with Gasteiger partial charge in [0.2, 0.25) is 11.8 Å². The van der Waals surface area contributed by atoms with Gasteiger partial charge in [0.05, 0.1) is 29.7 Å². The molecule has 1 aliphatic carbocycles. The SMILES string of the molecule is CCOc1ccc(NC(=O)COC(=O)c2ccc(N3C(=O)[C@H]4[C@H](C)C=CC[C@H]4C3=O)cc2)cc1. The molecule has 0 radical (unpaired) electrons. The van der Waals surface area contributed by atoms with E-state index in [4.69, 9.17) is 9.47 Å². The average molecular weight is 463 g/mol. The van der Waals surface area contributed by atoms with E-state index >= 15 is 0 Å². The van der Waals surface area contributed by atoms with Crippen molar-refractivity contribution in [3.63, 3.8) is 0 Å². The van der Waals surface area contributed by atoms with E-state index in [1.807, 2.05) is 26.0 Å². The van der Waals surface area contributed by atoms with Gasteiger partial charge in [0, 0.05) is 5.69 Å². The maximum absolute atomic E-state index is 12.9. The van der Waals surface area contributed by atoms with Crippen LogP contribution in [0.3, 0.4) is 0 Å². The summed E-state index contributed by atoms with van der Waals surface area (Å²) in [5.41, 5.74) is 1.18. The molecule has 0 aromatic heterocycles. The Hall–Kier alpha value is -3.94. The number of hydrogen-bond acceptors (Lipinski definition) is 6. The predicted octanol–water partition coefficient (Wildman–Crippen LogP) is 3.58. The summed E-state index contributed by atoms with van der Waals surface area (Å²) in [7, 11) is 0. The topological polar surface area (TPSA) is 102 Å². The minimum Gasteiger partial charge on any atom is -0.494 e. The van der Waals surface area contributed by atoms with E-state index in [-0.39, 0.29) is 35.1 Å². The van der Waals surface area contributed by atoms with Gasteiger partial charge in [-0.2, -0.15) is 0 Å². The third kappa shape index (κ3) is 4.71. The van der Waals surface area contributed by atoms with Gasteiger partial charge in [0.25, 0.3) is 5.91 Å². The molecule has 8 heteroatoms. The van der Waals surface area contributed by atoms with Crippen molar-refractivity contribution in [2.75, 3.05) is 23.4 Å². The molecular formula is C26H26N2O6. The number of nitrogens with zero attached hydrogens (tertiary/aromatic N) is 1. The minimum atomic E-state index is -0.682. The highest BCUT2D eigenvalue weighted by molar-refractivity contribution is 6.22. The standard InChI is InChI=1S/C26H26N2O6/c1-3-33-20-13-9-18(10-14-20)27-22(29)15-34-26(32)17-7-11-19(12-8-17)28-24(30)21-6-4-5-16(2)23(21)25(28)31/h4-5,7-14,16,21,23H,3,6,15H2,1-2H3,(H,27,29)/t16-,21-,23+/m1/s1. The first-order valence-electron chi connectivity index (χ1n) is 11.2. The number of ether oxygens (including phenoxy) is 2. The molecule has 0 bridgehead atoms. The maximum atomic E-state index is 12.9. The molecule has 0 saturated carbocycles. The van der Waals surface area contributed by atoms with Crippen LogP contribution < -0.4 is 15.0 Å². The van der Waals surface area contributed by atoms with Crippen LogP contribution >= 0.6 is 0 Å². The number of nitrogens with one attached hydrogen (secondary N) is 1. The van der Waals surface area contributed by atoms with E-state index in [2.05, 4.69) is 5.32 Å². The van der Waals surface area contributed by atoms with E-state index in [9.17, 15) is 19.2 Å². The Morgan fingerprint density at radius 3 is 2.38 bits per heavy atom. The lowest BCUT2D eigenvalue weighted by Crippen LogP contribution is -2.31. The van der Waals surface area contributed by atoms with Crippen LogP contribution in [0.1, 0.15) is 30.6 Å². The third-order valence-corrected chi connectivity index (χ3v) is 6.02. The molecule has 8 nitrogen and oxygen atoms in total. The average Bonchev–Trinajstić information content (AvgIpc) is 3.10. The fraction of sp³-hybridized carbons (Fsp3) is 0.308. The molecule has 1 N–H and O–H groups in total. The van der Waals surface area contributed by atoms with Gasteiger partial charge in [-0.1, -0.05) is 19.1 Å². The second kappa shape index (κ2) is 9.91. The van der Waals surface area contributed by atoms with Crippen molar-refractivity contribution in [1.82, 2.24) is 0 Å². The Labute approximate surface area is 197 Å². The summed E-state index contributed by atoms with van der Waals surface area (Å²) in [6.45, 7) is 3.91. The van der Waals surface area contributed by atoms with Gasteiger partial charge in [0.15, 0.2) is 6.61 Å². The Bertz CT molecular complexity index is 1120. The first kappa shape index (κ1) is 23.2. The largest absolute Gasteiger partial charge is 0.494 e. The molecule has 0 unspecified atom stereocenters. The summed E-state index contributed by atoms with van der Waals surface area (Å²) in [6, 6.07) is 12.9. The van der Waals surface area contributed by atoms with E-state index in [1.54, 1.807) is 36.4 Å². The fourth-order valence-electron chi connectivity index (χ4n) is 4.36. The summed E-state index contributed by atoms with van der Waals surface area (Å²) >= 11 is 0. The molecule has 1 heterocycles. The Balaban J connectivity index is 1.33. The summed E-state index contributed by atoms with van der Waals surface area (Å²) in [4.78, 5) is 51.4. The fourth-order valence-corrected chi connectivity index (χ4v) is 4.36. The number of rotatable bonds is 7. The monoisotopic (exact) mass is 462 g/mol. The number of hydrogen-bond donors (Lipinski definition) is 1. The molecule has 2 aliphatic rings. The van der Waals surface area contributed by atoms with Crippen LogP contribution in [0.15, 0.2) is 60.7 Å². The number of imide groups is 1. The molecule has 3 atom stereocenters. The molecule has 1 saturated heterocycles. The van der Waals surface area contributed by atoms with E-state index in [0.29, 0.717) is 30.2 Å². The predicted molar refractivity (Wildman–Crippen MR) is 125 cm³/mol. The van der Waals surface area contributed by atoms with E-state index in [0.717, 1.165) is 0 Å². The number of amides is 3. The number of fused-ring (bicyclic) bond motifs is 1. The Morgan fingerprint density at radius 1 is 1.03 bits per heavy atom. The minimum absolute atomic E-state index is 0.00297. The van der Waals surface area contributed by atoms with E-state index in [1.165, 1.54) is 17.0 Å². The zero-order valence-corrected chi connectivity index (χ0v) is 19.0. The first-order valence-corrected chi connectivity index (χ1v) is 11.2. The van der Waals surface area contributed by atoms with Crippen LogP contribution in [0.2, 0.25) is 0 Å². The lowest BCUT2D eigenvalue weighted by atomic mass is 9.78. The highest BCUT2D eigenvalue weighted by Gasteiger charge is 2.50. The highest BCUT2D eigenvalue weighted by Crippen LogP contribution is 2.40. The second-order valence-electron chi connectivity index (χ2n) is 8.30. The van der Waals surface area contributed by atoms with Gasteiger partial charge in [-0.05, 0) is 67.8 Å². The Morgan fingerprint density at radius 2 is 1.74 bits per heavy atom. The van der Waals surface area contributed by atoms with Crippen molar-refractivity contribution in [1.29, 1.82) is 0 Å². The van der Waals surface area contributed by atoms with Crippen molar-refractivity contribution in [3.8, 4) is 5.75 Å². The van der Waals surface area contributed by atoms with Crippen molar-refractivity contribution >= 4 is 35.1 Å². The third-order valence-electron chi connectivity index (χ3n) is 6.02. The van der Waals surface area contributed by atoms with Crippen LogP contribution in [0.25, 0.3) is 0 Å². The van der Waals surface area contributed by atoms with Gasteiger partial charge in [-0.3, -0.25) is 19.3 Å². The number of carbonyl (C=O) groups is 4. The summed E-state index contributed by atoms with van der Waals surface area (Å²) in [5.74, 6) is -1.59. The van der Waals surface area contributed by atoms with Gasteiger partial charge in [0.1, 0.15) is 5.75 Å². The number of carbonyl (C=O) groups excluding carboxylic acids is 4. The smallest absolute Gasteiger partial charge is 0.338 e. The summed E-state index contributed by atoms with van der Waals surface area (Å²) in [5, 5.41) is 2.64. The molecule has 4 rings (SSSR count). The highest BCUT2D eigenvalue weighted by atomic mass is 16.5. The van der Waals surface area contributed by atoms with Crippen LogP contribution in [-0.4, -0.2) is 36.9 Å². The molecular weight excluding hydrogens is 436 g/mol. The van der Waals surface area contributed by atoms with Crippen molar-refractivity contribution in [3.05, 3.63) is 66.2 Å². The number of esters is 1. The Kier molecular flexibility index (Phi) is 6.77. The molecule has 176 valence electrons. The molecule has 1 fully saturated rings. The van der Waals surface area contributed by atoms with Crippen LogP contribution in [0, 0.1) is 17.8 Å². The number of anilines is 2. The van der Waals surface area contributed by atoms with Crippen LogP contribution in [-0.2, 0) is 19.1 Å². The van der Waals surface area contributed by atoms with Crippen molar-refractivity contribution in [2.45, 2.75) is 20.3 Å². The summed E-state index contributed by atoms with van der Waals surface area (Å²) in [6.07, 6.45) is 4.48. The first-order chi connectivity index (χ1) is 16.4. The molecule has 3 amide bonds. The lowest BCUT2D eigenvalue weighted by molar-refractivity contribution is -0.123. The normalized spacial score (nSPS) is 21.2. The van der Waals surface area contributed by atoms with E-state index < -0.39 is 18.5 Å². The molecule has 2 aromatic carbocycles. The van der Waals surface area contributed by atoms with Gasteiger partial charge in [-0.15, -0.1) is 0 Å². The lowest BCUT2D eigenvalue weighted by Gasteiger charge is -2.22. The molecule has 2 aromatic rings. The second-order valence-corrected chi connectivity index (χ2v) is 8.30. The molecule has 34 heavy (non-hydrogen) atoms. The van der Waals surface area contributed by atoms with Crippen LogP contribution in [0.4, 0.5) is 11.4 Å². The number of allylic oxidation sites excluding steroid dienone is 2. The van der Waals surface area contributed by atoms with Gasteiger partial charge >= 0.3 is 5.97 Å². The zero-order chi connectivity index (χ0) is 24.2. The van der Waals surface area contributed by atoms with Gasteiger partial charge in [-0.25, -0.2) is 4.79 Å². The molecule has 1 aliphatic heterocycles. The zero-order valence-electron chi connectivity index (χ0n) is 19.0. The quantitative estimate of drug-likeness (QED) is 0.383. The maximum Gasteiger partial charge on any atom is 0.338 e.